The van der Waals surface area contributed by atoms with Crippen LogP contribution < -0.4 is 11.1 Å². The van der Waals surface area contributed by atoms with Crippen LogP contribution in [0.3, 0.4) is 0 Å². The van der Waals surface area contributed by atoms with Gasteiger partial charge in [0.25, 0.3) is 0 Å². The minimum Gasteiger partial charge on any atom is -0.469 e. The zero-order valence-corrected chi connectivity index (χ0v) is 11.5. The third-order valence-electron chi connectivity index (χ3n) is 2.57. The molecule has 0 saturated carbocycles. The van der Waals surface area contributed by atoms with Crippen LogP contribution in [0.15, 0.2) is 17.5 Å². The summed E-state index contributed by atoms with van der Waals surface area (Å²) < 4.78 is 4.66. The number of carbonyl (C=O) groups is 2. The van der Waals surface area contributed by atoms with E-state index in [4.69, 9.17) is 5.73 Å². The molecule has 0 aliphatic heterocycles. The molecular formula is C12H18N2O3S. The standard InChI is InChI=1S/C12H18N2O3S/c1-12(2,11(16)17-3)7-14-10(15)9(13)8-5-4-6-18-8/h4-6,9H,7,13H2,1-3H3,(H,14,15). The molecule has 0 aliphatic carbocycles. The van der Waals surface area contributed by atoms with Gasteiger partial charge < -0.3 is 15.8 Å². The molecule has 1 atom stereocenters. The van der Waals surface area contributed by atoms with E-state index in [-0.39, 0.29) is 18.4 Å². The predicted octanol–water partition coefficient (Wildman–Crippen LogP) is 1.06. The Kier molecular flexibility index (Phi) is 4.86. The number of thiophene rings is 1. The molecule has 3 N–H and O–H groups in total. The van der Waals surface area contributed by atoms with Crippen molar-refractivity contribution in [2.75, 3.05) is 13.7 Å². The monoisotopic (exact) mass is 270 g/mol. The Hall–Kier alpha value is -1.40. The van der Waals surface area contributed by atoms with Crippen molar-refractivity contribution >= 4 is 23.2 Å². The van der Waals surface area contributed by atoms with E-state index in [9.17, 15) is 9.59 Å². The fraction of sp³-hybridized carbons (Fsp3) is 0.500. The van der Waals surface area contributed by atoms with Crippen LogP contribution in [0.25, 0.3) is 0 Å². The number of methoxy groups -OCH3 is 1. The average Bonchev–Trinajstić information content (AvgIpc) is 2.87. The zero-order valence-electron chi connectivity index (χ0n) is 10.7. The Bertz CT molecular complexity index is 415. The summed E-state index contributed by atoms with van der Waals surface area (Å²) in [5, 5.41) is 4.53. The second-order valence-corrected chi connectivity index (χ2v) is 5.57. The molecule has 1 heterocycles. The fourth-order valence-electron chi connectivity index (χ4n) is 1.36. The molecule has 5 nitrogen and oxygen atoms in total. The van der Waals surface area contributed by atoms with Crippen LogP contribution >= 0.6 is 11.3 Å². The molecule has 6 heteroatoms. The van der Waals surface area contributed by atoms with Crippen LogP contribution in [0.5, 0.6) is 0 Å². The first-order chi connectivity index (χ1) is 8.38. The van der Waals surface area contributed by atoms with Crippen molar-refractivity contribution in [3.63, 3.8) is 0 Å². The number of hydrogen-bond acceptors (Lipinski definition) is 5. The van der Waals surface area contributed by atoms with Gasteiger partial charge in [-0.05, 0) is 25.3 Å². The van der Waals surface area contributed by atoms with Crippen LogP contribution in [0.1, 0.15) is 24.8 Å². The molecule has 1 aromatic heterocycles. The lowest BCUT2D eigenvalue weighted by Gasteiger charge is -2.22. The van der Waals surface area contributed by atoms with Crippen molar-refractivity contribution in [3.8, 4) is 0 Å². The maximum absolute atomic E-state index is 11.8. The van der Waals surface area contributed by atoms with Gasteiger partial charge in [-0.1, -0.05) is 6.07 Å². The van der Waals surface area contributed by atoms with Gasteiger partial charge in [0.2, 0.25) is 5.91 Å². The summed E-state index contributed by atoms with van der Waals surface area (Å²) in [5.41, 5.74) is 5.04. The van der Waals surface area contributed by atoms with Crippen molar-refractivity contribution in [1.29, 1.82) is 0 Å². The van der Waals surface area contributed by atoms with E-state index in [1.165, 1.54) is 18.4 Å². The number of nitrogens with one attached hydrogen (secondary N) is 1. The maximum atomic E-state index is 11.8. The lowest BCUT2D eigenvalue weighted by molar-refractivity contribution is -0.150. The van der Waals surface area contributed by atoms with Crippen LogP contribution in [0, 0.1) is 5.41 Å². The van der Waals surface area contributed by atoms with Gasteiger partial charge in [-0.25, -0.2) is 0 Å². The van der Waals surface area contributed by atoms with Gasteiger partial charge in [0, 0.05) is 11.4 Å². The third-order valence-corrected chi connectivity index (χ3v) is 3.53. The molecule has 18 heavy (non-hydrogen) atoms. The SMILES string of the molecule is COC(=O)C(C)(C)CNC(=O)C(N)c1cccs1. The van der Waals surface area contributed by atoms with Gasteiger partial charge in [0.1, 0.15) is 6.04 Å². The molecule has 0 aromatic carbocycles. The van der Waals surface area contributed by atoms with E-state index in [1.807, 2.05) is 11.4 Å². The number of esters is 1. The number of ether oxygens (including phenoxy) is 1. The molecule has 100 valence electrons. The lowest BCUT2D eigenvalue weighted by Crippen LogP contribution is -2.42. The highest BCUT2D eigenvalue weighted by Crippen LogP contribution is 2.18. The van der Waals surface area contributed by atoms with Gasteiger partial charge in [0.05, 0.1) is 12.5 Å². The summed E-state index contributed by atoms with van der Waals surface area (Å²) in [6.45, 7) is 3.60. The molecule has 0 aliphatic rings. The Labute approximate surface area is 110 Å². The highest BCUT2D eigenvalue weighted by Gasteiger charge is 2.30. The van der Waals surface area contributed by atoms with Crippen molar-refractivity contribution in [3.05, 3.63) is 22.4 Å². The summed E-state index contributed by atoms with van der Waals surface area (Å²) in [4.78, 5) is 24.1. The first-order valence-corrected chi connectivity index (χ1v) is 6.41. The van der Waals surface area contributed by atoms with Gasteiger partial charge in [0.15, 0.2) is 0 Å². The molecule has 1 unspecified atom stereocenters. The molecule has 1 aromatic rings. The highest BCUT2D eigenvalue weighted by atomic mass is 32.1. The minimum absolute atomic E-state index is 0.192. The Balaban J connectivity index is 2.54. The average molecular weight is 270 g/mol. The third kappa shape index (κ3) is 3.54. The summed E-state index contributed by atoms with van der Waals surface area (Å²) >= 11 is 1.43. The quantitative estimate of drug-likeness (QED) is 0.784. The molecule has 0 spiro atoms. The molecule has 0 bridgehead atoms. The van der Waals surface area contributed by atoms with Crippen molar-refractivity contribution in [2.24, 2.45) is 11.1 Å². The minimum atomic E-state index is -0.764. The first kappa shape index (κ1) is 14.7. The normalized spacial score (nSPS) is 12.9. The van der Waals surface area contributed by atoms with Gasteiger partial charge in [-0.15, -0.1) is 11.3 Å². The zero-order chi connectivity index (χ0) is 13.8. The van der Waals surface area contributed by atoms with E-state index in [0.717, 1.165) is 4.88 Å². The number of nitrogens with two attached hydrogens (primary N) is 1. The molecule has 1 rings (SSSR count). The fourth-order valence-corrected chi connectivity index (χ4v) is 2.09. The van der Waals surface area contributed by atoms with E-state index < -0.39 is 11.5 Å². The molecule has 0 saturated heterocycles. The van der Waals surface area contributed by atoms with Crippen molar-refractivity contribution in [2.45, 2.75) is 19.9 Å². The van der Waals surface area contributed by atoms with Crippen LogP contribution in [-0.2, 0) is 14.3 Å². The van der Waals surface area contributed by atoms with E-state index in [0.29, 0.717) is 0 Å². The number of amides is 1. The molecule has 0 fully saturated rings. The largest absolute Gasteiger partial charge is 0.469 e. The Morgan fingerprint density at radius 2 is 2.22 bits per heavy atom. The highest BCUT2D eigenvalue weighted by molar-refractivity contribution is 7.10. The first-order valence-electron chi connectivity index (χ1n) is 5.53. The van der Waals surface area contributed by atoms with Gasteiger partial charge >= 0.3 is 5.97 Å². The topological polar surface area (TPSA) is 81.4 Å². The van der Waals surface area contributed by atoms with E-state index >= 15 is 0 Å². The smallest absolute Gasteiger partial charge is 0.313 e. The Morgan fingerprint density at radius 1 is 1.56 bits per heavy atom. The van der Waals surface area contributed by atoms with E-state index in [2.05, 4.69) is 10.1 Å². The summed E-state index contributed by atoms with van der Waals surface area (Å²) in [6, 6.07) is 2.95. The van der Waals surface area contributed by atoms with Crippen LogP contribution in [0.4, 0.5) is 0 Å². The number of hydrogen-bond donors (Lipinski definition) is 2. The molecule has 0 radical (unpaired) electrons. The lowest BCUT2D eigenvalue weighted by atomic mass is 9.93. The van der Waals surface area contributed by atoms with Crippen LogP contribution in [-0.4, -0.2) is 25.5 Å². The predicted molar refractivity (Wildman–Crippen MR) is 70.1 cm³/mol. The second kappa shape index (κ2) is 5.97. The molecular weight excluding hydrogens is 252 g/mol. The number of carbonyl (C=O) groups excluding carboxylic acids is 2. The molecule has 1 amide bonds. The summed E-state index contributed by atoms with van der Waals surface area (Å²) in [6.07, 6.45) is 0. The summed E-state index contributed by atoms with van der Waals surface area (Å²) in [5.74, 6) is -0.665. The van der Waals surface area contributed by atoms with Crippen molar-refractivity contribution in [1.82, 2.24) is 5.32 Å². The van der Waals surface area contributed by atoms with Crippen LogP contribution in [0.2, 0.25) is 0 Å². The number of rotatable bonds is 5. The van der Waals surface area contributed by atoms with Crippen molar-refractivity contribution < 1.29 is 14.3 Å². The van der Waals surface area contributed by atoms with E-state index in [1.54, 1.807) is 19.9 Å². The maximum Gasteiger partial charge on any atom is 0.313 e. The summed E-state index contributed by atoms with van der Waals surface area (Å²) in [7, 11) is 1.32. The van der Waals surface area contributed by atoms with Gasteiger partial charge in [-0.3, -0.25) is 9.59 Å². The Morgan fingerprint density at radius 3 is 2.72 bits per heavy atom. The van der Waals surface area contributed by atoms with Gasteiger partial charge in [-0.2, -0.15) is 0 Å². The second-order valence-electron chi connectivity index (χ2n) is 4.59.